The van der Waals surface area contributed by atoms with E-state index in [0.29, 0.717) is 11.8 Å². The van der Waals surface area contributed by atoms with Gasteiger partial charge in [-0.2, -0.15) is 13.2 Å². The zero-order chi connectivity index (χ0) is 21.9. The van der Waals surface area contributed by atoms with Crippen molar-refractivity contribution >= 4 is 17.3 Å². The number of rotatable bonds is 5. The minimum atomic E-state index is -4.66. The number of amides is 1. The monoisotopic (exact) mass is 423 g/mol. The van der Waals surface area contributed by atoms with Crippen molar-refractivity contribution in [2.75, 3.05) is 37.7 Å². The largest absolute Gasteiger partial charge is 0.484 e. The maximum absolute atomic E-state index is 12.9. The minimum Gasteiger partial charge on any atom is -0.484 e. The molecule has 30 heavy (non-hydrogen) atoms. The minimum absolute atomic E-state index is 0.108. The number of carbonyl (C=O) groups is 1. The quantitative estimate of drug-likeness (QED) is 0.542. The molecule has 2 aromatic rings. The van der Waals surface area contributed by atoms with E-state index < -0.39 is 22.4 Å². The summed E-state index contributed by atoms with van der Waals surface area (Å²) in [5.41, 5.74) is -0.659. The van der Waals surface area contributed by atoms with Gasteiger partial charge in [0.2, 0.25) is 0 Å². The molecule has 7 nitrogen and oxygen atoms in total. The number of nitro benzene ring substituents is 1. The van der Waals surface area contributed by atoms with Gasteiger partial charge in [0.05, 0.1) is 10.5 Å². The third kappa shape index (κ3) is 4.81. The van der Waals surface area contributed by atoms with E-state index in [1.807, 2.05) is 25.1 Å². The Labute approximate surface area is 170 Å². The number of anilines is 1. The topological polar surface area (TPSA) is 75.9 Å². The number of carbonyl (C=O) groups excluding carboxylic acids is 1. The molecule has 1 aliphatic heterocycles. The first-order valence-corrected chi connectivity index (χ1v) is 9.23. The van der Waals surface area contributed by atoms with Gasteiger partial charge >= 0.3 is 6.18 Å². The first-order valence-electron chi connectivity index (χ1n) is 9.23. The first kappa shape index (κ1) is 21.4. The van der Waals surface area contributed by atoms with E-state index in [1.165, 1.54) is 0 Å². The lowest BCUT2D eigenvalue weighted by Gasteiger charge is -2.35. The van der Waals surface area contributed by atoms with Crippen LogP contribution in [0.15, 0.2) is 42.5 Å². The van der Waals surface area contributed by atoms with Crippen LogP contribution in [0, 0.1) is 17.0 Å². The summed E-state index contributed by atoms with van der Waals surface area (Å²) in [4.78, 5) is 26.1. The SMILES string of the molecule is Cc1ccccc1OCC(=O)N1CCN(c2ccc(C(F)(F)F)cc2[N+](=O)[O-])CC1. The van der Waals surface area contributed by atoms with Gasteiger partial charge in [0.1, 0.15) is 11.4 Å². The predicted octanol–water partition coefficient (Wildman–Crippen LogP) is 3.65. The number of benzene rings is 2. The van der Waals surface area contributed by atoms with E-state index in [4.69, 9.17) is 4.74 Å². The summed E-state index contributed by atoms with van der Waals surface area (Å²) in [5.74, 6) is 0.393. The molecular weight excluding hydrogens is 403 g/mol. The number of hydrogen-bond acceptors (Lipinski definition) is 5. The molecule has 1 amide bonds. The third-order valence-corrected chi connectivity index (χ3v) is 4.92. The highest BCUT2D eigenvalue weighted by atomic mass is 19.4. The van der Waals surface area contributed by atoms with Crippen LogP contribution in [-0.4, -0.2) is 48.5 Å². The Morgan fingerprint density at radius 1 is 1.13 bits per heavy atom. The van der Waals surface area contributed by atoms with Crippen molar-refractivity contribution in [1.82, 2.24) is 4.90 Å². The predicted molar refractivity (Wildman–Crippen MR) is 104 cm³/mol. The van der Waals surface area contributed by atoms with Crippen LogP contribution in [0.5, 0.6) is 5.75 Å². The molecule has 3 rings (SSSR count). The molecule has 0 spiro atoms. The molecule has 0 bridgehead atoms. The summed E-state index contributed by atoms with van der Waals surface area (Å²) >= 11 is 0. The molecular formula is C20H20F3N3O4. The second-order valence-electron chi connectivity index (χ2n) is 6.88. The Kier molecular flexibility index (Phi) is 6.14. The number of aryl methyl sites for hydroxylation is 1. The average molecular weight is 423 g/mol. The number of nitro groups is 1. The van der Waals surface area contributed by atoms with E-state index in [0.717, 1.165) is 17.7 Å². The number of hydrogen-bond donors (Lipinski definition) is 0. The standard InChI is InChI=1S/C20H20F3N3O4/c1-14-4-2-3-5-18(14)30-13-19(27)25-10-8-24(9-11-25)16-7-6-15(20(21,22)23)12-17(16)26(28)29/h2-7,12H,8-11,13H2,1H3. The van der Waals surface area contributed by atoms with Crippen LogP contribution in [0.2, 0.25) is 0 Å². The van der Waals surface area contributed by atoms with Gasteiger partial charge in [-0.1, -0.05) is 18.2 Å². The molecule has 1 aliphatic rings. The van der Waals surface area contributed by atoms with E-state index >= 15 is 0 Å². The summed E-state index contributed by atoms with van der Waals surface area (Å²) < 4.78 is 44.2. The fourth-order valence-electron chi connectivity index (χ4n) is 3.26. The summed E-state index contributed by atoms with van der Waals surface area (Å²) in [7, 11) is 0. The van der Waals surface area contributed by atoms with Crippen LogP contribution in [0.4, 0.5) is 24.5 Å². The maximum Gasteiger partial charge on any atom is 0.416 e. The van der Waals surface area contributed by atoms with Crippen LogP contribution >= 0.6 is 0 Å². The Hall–Kier alpha value is -3.30. The molecule has 1 saturated heterocycles. The summed E-state index contributed by atoms with van der Waals surface area (Å²) in [6, 6.07) is 9.80. The number of para-hydroxylation sites is 1. The number of ether oxygens (including phenoxy) is 1. The van der Waals surface area contributed by atoms with Gasteiger partial charge in [0.25, 0.3) is 11.6 Å². The molecule has 0 unspecified atom stereocenters. The van der Waals surface area contributed by atoms with E-state index in [1.54, 1.807) is 15.9 Å². The highest BCUT2D eigenvalue weighted by molar-refractivity contribution is 5.78. The molecule has 1 fully saturated rings. The molecule has 0 atom stereocenters. The molecule has 0 aliphatic carbocycles. The summed E-state index contributed by atoms with van der Waals surface area (Å²) in [6.45, 7) is 2.84. The number of halogens is 3. The molecule has 160 valence electrons. The summed E-state index contributed by atoms with van der Waals surface area (Å²) in [5, 5.41) is 11.3. The Balaban J connectivity index is 1.63. The maximum atomic E-state index is 12.9. The molecule has 0 saturated carbocycles. The second kappa shape index (κ2) is 8.60. The molecule has 0 N–H and O–H groups in total. The Morgan fingerprint density at radius 3 is 2.40 bits per heavy atom. The van der Waals surface area contributed by atoms with Crippen LogP contribution in [0.3, 0.4) is 0 Å². The smallest absolute Gasteiger partial charge is 0.416 e. The van der Waals surface area contributed by atoms with Crippen molar-refractivity contribution in [3.63, 3.8) is 0 Å². The van der Waals surface area contributed by atoms with Crippen LogP contribution in [0.25, 0.3) is 0 Å². The van der Waals surface area contributed by atoms with Gasteiger partial charge in [-0.05, 0) is 30.7 Å². The normalized spacial score (nSPS) is 14.5. The number of alkyl halides is 3. The molecule has 2 aromatic carbocycles. The number of nitrogens with zero attached hydrogens (tertiary/aromatic N) is 3. The molecule has 1 heterocycles. The highest BCUT2D eigenvalue weighted by Crippen LogP contribution is 2.36. The zero-order valence-corrected chi connectivity index (χ0v) is 16.2. The lowest BCUT2D eigenvalue weighted by Crippen LogP contribution is -2.50. The van der Waals surface area contributed by atoms with E-state index in [2.05, 4.69) is 0 Å². The zero-order valence-electron chi connectivity index (χ0n) is 16.2. The van der Waals surface area contributed by atoms with Gasteiger partial charge in [-0.15, -0.1) is 0 Å². The van der Waals surface area contributed by atoms with E-state index in [9.17, 15) is 28.1 Å². The van der Waals surface area contributed by atoms with Crippen LogP contribution in [-0.2, 0) is 11.0 Å². The Morgan fingerprint density at radius 2 is 1.80 bits per heavy atom. The first-order chi connectivity index (χ1) is 14.2. The third-order valence-electron chi connectivity index (χ3n) is 4.92. The lowest BCUT2D eigenvalue weighted by atomic mass is 10.1. The lowest BCUT2D eigenvalue weighted by molar-refractivity contribution is -0.384. The molecule has 0 radical (unpaired) electrons. The van der Waals surface area contributed by atoms with Crippen molar-refractivity contribution in [2.24, 2.45) is 0 Å². The van der Waals surface area contributed by atoms with Gasteiger partial charge in [0, 0.05) is 32.2 Å². The average Bonchev–Trinajstić information content (AvgIpc) is 2.72. The van der Waals surface area contributed by atoms with Gasteiger partial charge in [-0.25, -0.2) is 0 Å². The fourth-order valence-corrected chi connectivity index (χ4v) is 3.26. The second-order valence-corrected chi connectivity index (χ2v) is 6.88. The number of piperazine rings is 1. The van der Waals surface area contributed by atoms with Crippen LogP contribution < -0.4 is 9.64 Å². The van der Waals surface area contributed by atoms with Gasteiger partial charge < -0.3 is 14.5 Å². The molecule has 10 heteroatoms. The summed E-state index contributed by atoms with van der Waals surface area (Å²) in [6.07, 6.45) is -4.66. The fraction of sp³-hybridized carbons (Fsp3) is 0.350. The van der Waals surface area contributed by atoms with Gasteiger partial charge in [-0.3, -0.25) is 14.9 Å². The van der Waals surface area contributed by atoms with Crippen molar-refractivity contribution in [1.29, 1.82) is 0 Å². The van der Waals surface area contributed by atoms with Crippen LogP contribution in [0.1, 0.15) is 11.1 Å². The van der Waals surface area contributed by atoms with E-state index in [-0.39, 0.29) is 44.4 Å². The van der Waals surface area contributed by atoms with Gasteiger partial charge in [0.15, 0.2) is 6.61 Å². The van der Waals surface area contributed by atoms with Crippen molar-refractivity contribution in [2.45, 2.75) is 13.1 Å². The highest BCUT2D eigenvalue weighted by Gasteiger charge is 2.34. The molecule has 0 aromatic heterocycles. The van der Waals surface area contributed by atoms with Crippen molar-refractivity contribution in [3.05, 3.63) is 63.7 Å². The van der Waals surface area contributed by atoms with Crippen molar-refractivity contribution in [3.8, 4) is 5.75 Å². The van der Waals surface area contributed by atoms with Crippen molar-refractivity contribution < 1.29 is 27.6 Å². The Bertz CT molecular complexity index is 941.